The molecule has 0 atom stereocenters. The van der Waals surface area contributed by atoms with Crippen LogP contribution in [0.25, 0.3) is 6.08 Å². The van der Waals surface area contributed by atoms with E-state index in [-0.39, 0.29) is 11.8 Å². The maximum atomic E-state index is 12.3. The topological polar surface area (TPSA) is 67.6 Å². The summed E-state index contributed by atoms with van der Waals surface area (Å²) in [7, 11) is 0. The first kappa shape index (κ1) is 18.2. The molecule has 2 amide bonds. The van der Waals surface area contributed by atoms with E-state index in [1.807, 2.05) is 21.9 Å². The predicted octanol–water partition coefficient (Wildman–Crippen LogP) is 1.34. The molecule has 2 aliphatic rings. The number of hydrogen-bond donors (Lipinski definition) is 0. The van der Waals surface area contributed by atoms with Gasteiger partial charge in [0.1, 0.15) is 0 Å². The van der Waals surface area contributed by atoms with Crippen LogP contribution in [0, 0.1) is 11.3 Å². The molecular formula is C20H24N4O2. The van der Waals surface area contributed by atoms with E-state index in [2.05, 4.69) is 11.0 Å². The number of carbonyl (C=O) groups excluding carboxylic acids is 2. The first-order valence-electron chi connectivity index (χ1n) is 9.13. The standard InChI is InChI=1S/C20H24N4O2/c21-15-18-5-3-17(4-6-18)7-8-19(25)24-13-11-22(12-14-24)16-20(26)23-9-1-2-10-23/h3-8H,1-2,9-14,16H2/b8-7+. The number of nitrogens with zero attached hydrogens (tertiary/aromatic N) is 4. The van der Waals surface area contributed by atoms with Gasteiger partial charge in [-0.1, -0.05) is 12.1 Å². The molecule has 0 aromatic heterocycles. The number of piperazine rings is 1. The van der Waals surface area contributed by atoms with Gasteiger partial charge in [0.2, 0.25) is 11.8 Å². The summed E-state index contributed by atoms with van der Waals surface area (Å²) < 4.78 is 0. The van der Waals surface area contributed by atoms with Crippen LogP contribution in [0.3, 0.4) is 0 Å². The van der Waals surface area contributed by atoms with Gasteiger partial charge in [-0.3, -0.25) is 14.5 Å². The van der Waals surface area contributed by atoms with Crippen LogP contribution in [0.5, 0.6) is 0 Å². The van der Waals surface area contributed by atoms with Gasteiger partial charge in [-0.2, -0.15) is 5.26 Å². The van der Waals surface area contributed by atoms with E-state index in [9.17, 15) is 9.59 Å². The molecule has 26 heavy (non-hydrogen) atoms. The van der Waals surface area contributed by atoms with E-state index in [1.165, 1.54) is 0 Å². The maximum Gasteiger partial charge on any atom is 0.246 e. The number of rotatable bonds is 4. The second kappa shape index (κ2) is 8.63. The largest absolute Gasteiger partial charge is 0.342 e. The van der Waals surface area contributed by atoms with Gasteiger partial charge in [0.05, 0.1) is 18.2 Å². The Kier molecular flexibility index (Phi) is 6.03. The first-order chi connectivity index (χ1) is 12.7. The highest BCUT2D eigenvalue weighted by Gasteiger charge is 2.24. The van der Waals surface area contributed by atoms with Crippen LogP contribution in [0.15, 0.2) is 30.3 Å². The molecule has 3 rings (SSSR count). The smallest absolute Gasteiger partial charge is 0.246 e. The summed E-state index contributed by atoms with van der Waals surface area (Å²) in [6.07, 6.45) is 5.57. The second-order valence-corrected chi connectivity index (χ2v) is 6.76. The minimum atomic E-state index is -0.0140. The van der Waals surface area contributed by atoms with Crippen molar-refractivity contribution in [2.24, 2.45) is 0 Å². The molecule has 0 N–H and O–H groups in total. The molecule has 136 valence electrons. The third-order valence-electron chi connectivity index (χ3n) is 4.96. The van der Waals surface area contributed by atoms with Gasteiger partial charge >= 0.3 is 0 Å². The molecular weight excluding hydrogens is 328 g/mol. The third kappa shape index (κ3) is 4.70. The quantitative estimate of drug-likeness (QED) is 0.767. The summed E-state index contributed by atoms with van der Waals surface area (Å²) in [5, 5.41) is 8.80. The lowest BCUT2D eigenvalue weighted by molar-refractivity contribution is -0.132. The predicted molar refractivity (Wildman–Crippen MR) is 99.0 cm³/mol. The lowest BCUT2D eigenvalue weighted by Crippen LogP contribution is -2.51. The average Bonchev–Trinajstić information content (AvgIpc) is 3.22. The molecule has 2 heterocycles. The fourth-order valence-corrected chi connectivity index (χ4v) is 3.33. The van der Waals surface area contributed by atoms with Gasteiger partial charge in [-0.05, 0) is 36.6 Å². The van der Waals surface area contributed by atoms with E-state index in [0.717, 1.165) is 44.6 Å². The maximum absolute atomic E-state index is 12.3. The zero-order valence-electron chi connectivity index (χ0n) is 14.9. The van der Waals surface area contributed by atoms with Crippen molar-refractivity contribution >= 4 is 17.9 Å². The highest BCUT2D eigenvalue weighted by Crippen LogP contribution is 2.10. The fraction of sp³-hybridized carbons (Fsp3) is 0.450. The summed E-state index contributed by atoms with van der Waals surface area (Å²) in [5.74, 6) is 0.197. The Morgan fingerprint density at radius 2 is 1.62 bits per heavy atom. The lowest BCUT2D eigenvalue weighted by atomic mass is 10.1. The molecule has 0 saturated carbocycles. The minimum absolute atomic E-state index is 0.0140. The summed E-state index contributed by atoms with van der Waals surface area (Å²) in [5.41, 5.74) is 1.50. The van der Waals surface area contributed by atoms with E-state index in [1.54, 1.807) is 24.3 Å². The Hall–Kier alpha value is -2.65. The van der Waals surface area contributed by atoms with Crippen LogP contribution in [-0.4, -0.2) is 72.3 Å². The van der Waals surface area contributed by atoms with Gasteiger partial charge in [0.15, 0.2) is 0 Å². The molecule has 6 heteroatoms. The molecule has 1 aromatic carbocycles. The van der Waals surface area contributed by atoms with Crippen molar-refractivity contribution in [1.29, 1.82) is 5.26 Å². The Morgan fingerprint density at radius 3 is 2.23 bits per heavy atom. The number of carbonyl (C=O) groups is 2. The summed E-state index contributed by atoms with van der Waals surface area (Å²) in [6.45, 7) is 4.98. The molecule has 0 spiro atoms. The molecule has 0 radical (unpaired) electrons. The average molecular weight is 352 g/mol. The molecule has 6 nitrogen and oxygen atoms in total. The van der Waals surface area contributed by atoms with Gasteiger partial charge in [0.25, 0.3) is 0 Å². The SMILES string of the molecule is N#Cc1ccc(/C=C/C(=O)N2CCN(CC(=O)N3CCCC3)CC2)cc1. The van der Waals surface area contributed by atoms with Crippen LogP contribution < -0.4 is 0 Å². The van der Waals surface area contributed by atoms with Gasteiger partial charge in [0, 0.05) is 45.3 Å². The lowest BCUT2D eigenvalue weighted by Gasteiger charge is -2.34. The molecule has 1 aromatic rings. The Balaban J connectivity index is 1.44. The Morgan fingerprint density at radius 1 is 0.962 bits per heavy atom. The Labute approximate surface area is 154 Å². The van der Waals surface area contributed by atoms with E-state index in [0.29, 0.717) is 25.2 Å². The first-order valence-corrected chi connectivity index (χ1v) is 9.13. The normalized spacial score (nSPS) is 18.3. The molecule has 0 unspecified atom stereocenters. The number of benzene rings is 1. The van der Waals surface area contributed by atoms with Crippen molar-refractivity contribution in [1.82, 2.24) is 14.7 Å². The molecule has 0 bridgehead atoms. The monoisotopic (exact) mass is 352 g/mol. The van der Waals surface area contributed by atoms with Crippen molar-refractivity contribution in [3.05, 3.63) is 41.5 Å². The zero-order chi connectivity index (χ0) is 18.4. The highest BCUT2D eigenvalue weighted by atomic mass is 16.2. The summed E-state index contributed by atoms with van der Waals surface area (Å²) >= 11 is 0. The summed E-state index contributed by atoms with van der Waals surface area (Å²) in [4.78, 5) is 30.4. The van der Waals surface area contributed by atoms with Crippen LogP contribution in [0.1, 0.15) is 24.0 Å². The second-order valence-electron chi connectivity index (χ2n) is 6.76. The van der Waals surface area contributed by atoms with E-state index in [4.69, 9.17) is 5.26 Å². The van der Waals surface area contributed by atoms with Crippen molar-refractivity contribution in [2.75, 3.05) is 45.8 Å². The van der Waals surface area contributed by atoms with Crippen LogP contribution in [0.2, 0.25) is 0 Å². The number of likely N-dealkylation sites (tertiary alicyclic amines) is 1. The number of nitriles is 1. The molecule has 2 saturated heterocycles. The van der Waals surface area contributed by atoms with Crippen molar-refractivity contribution in [3.8, 4) is 6.07 Å². The minimum Gasteiger partial charge on any atom is -0.342 e. The van der Waals surface area contributed by atoms with Crippen LogP contribution >= 0.6 is 0 Å². The van der Waals surface area contributed by atoms with Gasteiger partial charge in [-0.25, -0.2) is 0 Å². The fourth-order valence-electron chi connectivity index (χ4n) is 3.33. The van der Waals surface area contributed by atoms with Gasteiger partial charge in [-0.15, -0.1) is 0 Å². The number of hydrogen-bond acceptors (Lipinski definition) is 4. The van der Waals surface area contributed by atoms with Crippen LogP contribution in [0.4, 0.5) is 0 Å². The Bertz CT molecular complexity index is 706. The number of amides is 2. The molecule has 2 aliphatic heterocycles. The van der Waals surface area contributed by atoms with Crippen molar-refractivity contribution in [3.63, 3.8) is 0 Å². The van der Waals surface area contributed by atoms with Crippen LogP contribution in [-0.2, 0) is 9.59 Å². The molecule has 0 aliphatic carbocycles. The third-order valence-corrected chi connectivity index (χ3v) is 4.96. The molecule has 2 fully saturated rings. The van der Waals surface area contributed by atoms with Gasteiger partial charge < -0.3 is 9.80 Å². The summed E-state index contributed by atoms with van der Waals surface area (Å²) in [6, 6.07) is 9.20. The zero-order valence-corrected chi connectivity index (χ0v) is 14.9. The van der Waals surface area contributed by atoms with Crippen molar-refractivity contribution < 1.29 is 9.59 Å². The van der Waals surface area contributed by atoms with E-state index < -0.39 is 0 Å². The van der Waals surface area contributed by atoms with E-state index >= 15 is 0 Å². The van der Waals surface area contributed by atoms with Crippen molar-refractivity contribution in [2.45, 2.75) is 12.8 Å². The highest BCUT2D eigenvalue weighted by molar-refractivity contribution is 5.91.